The van der Waals surface area contributed by atoms with E-state index in [0.717, 1.165) is 23.1 Å². The van der Waals surface area contributed by atoms with E-state index in [1.54, 1.807) is 0 Å². The number of fused-ring (bicyclic) bond motifs is 1. The van der Waals surface area contributed by atoms with Gasteiger partial charge in [0.1, 0.15) is 23.8 Å². The van der Waals surface area contributed by atoms with Gasteiger partial charge in [-0.15, -0.1) is 10.2 Å². The van der Waals surface area contributed by atoms with Crippen LogP contribution >= 0.6 is 0 Å². The number of hydrazone groups is 1. The average molecular weight is 396 g/mol. The molecule has 28 heavy (non-hydrogen) atoms. The molecule has 13 heteroatoms. The Balaban J connectivity index is 1.85. The number of amidine groups is 1. The molecule has 0 unspecified atom stereocenters. The van der Waals surface area contributed by atoms with Crippen molar-refractivity contribution in [3.63, 3.8) is 0 Å². The number of alkyl halides is 3. The van der Waals surface area contributed by atoms with Crippen LogP contribution < -0.4 is 5.73 Å². The van der Waals surface area contributed by atoms with E-state index in [-0.39, 0.29) is 34.4 Å². The fourth-order valence-corrected chi connectivity index (χ4v) is 2.81. The molecule has 3 N–H and O–H groups in total. The van der Waals surface area contributed by atoms with Crippen molar-refractivity contribution >= 4 is 17.5 Å². The number of rotatable bonds is 1. The van der Waals surface area contributed by atoms with E-state index >= 15 is 0 Å². The number of hydrogen-bond acceptors (Lipinski definition) is 8. The maximum absolute atomic E-state index is 13.8. The van der Waals surface area contributed by atoms with Crippen LogP contribution in [0.15, 0.2) is 45.9 Å². The molecule has 2 aromatic rings. The predicted molar refractivity (Wildman–Crippen MR) is 88.6 cm³/mol. The van der Waals surface area contributed by atoms with Crippen LogP contribution in [0.2, 0.25) is 0 Å². The maximum atomic E-state index is 13.8. The number of nitrogens with zero attached hydrogens (tertiary/aromatic N) is 7. The minimum Gasteiger partial charge on any atom is -0.385 e. The molecule has 0 spiro atoms. The van der Waals surface area contributed by atoms with E-state index in [0.29, 0.717) is 0 Å². The first-order chi connectivity index (χ1) is 13.2. The Morgan fingerprint density at radius 1 is 1.14 bits per heavy atom. The summed E-state index contributed by atoms with van der Waals surface area (Å²) in [4.78, 5) is 3.92. The summed E-state index contributed by atoms with van der Waals surface area (Å²) in [6.07, 6.45) is -4.91. The monoisotopic (exact) mass is 396 g/mol. The molecule has 3 heterocycles. The Morgan fingerprint density at radius 2 is 1.86 bits per heavy atom. The van der Waals surface area contributed by atoms with E-state index in [2.05, 4.69) is 25.4 Å². The van der Waals surface area contributed by atoms with Crippen LogP contribution in [0.3, 0.4) is 0 Å². The Kier molecular flexibility index (Phi) is 3.92. The van der Waals surface area contributed by atoms with E-state index < -0.39 is 30.1 Å². The standard InChI is InChI=1S/C15H12F4N8O/c16-9-3-1-8(2-4-9)10-6-14(28,15(17,18)19)27(25-10)13-24-23-11(20)5-12-21-7-22-26(12)13/h1-4,7,28H,5-6H2,(H2,20,23)/t14-/m0/s1. The molecule has 9 nitrogen and oxygen atoms in total. The summed E-state index contributed by atoms with van der Waals surface area (Å²) in [5, 5.41) is 25.9. The molecule has 0 amide bonds. The van der Waals surface area contributed by atoms with Gasteiger partial charge in [-0.3, -0.25) is 0 Å². The molecule has 1 aromatic carbocycles. The summed E-state index contributed by atoms with van der Waals surface area (Å²) in [6.45, 7) is 0. The van der Waals surface area contributed by atoms with Crippen LogP contribution in [-0.4, -0.2) is 54.3 Å². The van der Waals surface area contributed by atoms with Crippen LogP contribution in [0.1, 0.15) is 17.8 Å². The Morgan fingerprint density at radius 3 is 2.54 bits per heavy atom. The third kappa shape index (κ3) is 2.79. The van der Waals surface area contributed by atoms with Crippen LogP contribution in [0, 0.1) is 5.82 Å². The molecule has 2 aliphatic rings. The van der Waals surface area contributed by atoms with Crippen molar-refractivity contribution < 1.29 is 22.7 Å². The Labute approximate surface area is 154 Å². The molecule has 4 rings (SSSR count). The highest BCUT2D eigenvalue weighted by atomic mass is 19.4. The zero-order valence-corrected chi connectivity index (χ0v) is 14.0. The van der Waals surface area contributed by atoms with Gasteiger partial charge in [-0.1, -0.05) is 12.1 Å². The molecular weight excluding hydrogens is 384 g/mol. The van der Waals surface area contributed by atoms with Crippen molar-refractivity contribution in [1.29, 1.82) is 0 Å². The van der Waals surface area contributed by atoms with Crippen molar-refractivity contribution in [1.82, 2.24) is 19.8 Å². The highest BCUT2D eigenvalue weighted by molar-refractivity contribution is 6.04. The fourth-order valence-electron chi connectivity index (χ4n) is 2.81. The largest absolute Gasteiger partial charge is 0.438 e. The minimum atomic E-state index is -5.11. The average Bonchev–Trinajstić information content (AvgIpc) is 3.18. The van der Waals surface area contributed by atoms with E-state index in [9.17, 15) is 22.7 Å². The number of aromatic nitrogens is 3. The molecule has 0 saturated heterocycles. The molecule has 0 fully saturated rings. The smallest absolute Gasteiger partial charge is 0.385 e. The number of nitrogens with two attached hydrogens (primary N) is 1. The van der Waals surface area contributed by atoms with E-state index in [4.69, 9.17) is 5.73 Å². The highest BCUT2D eigenvalue weighted by Gasteiger charge is 2.63. The lowest BCUT2D eigenvalue weighted by Gasteiger charge is -2.33. The number of halogens is 4. The normalized spacial score (nSPS) is 22.3. The summed E-state index contributed by atoms with van der Waals surface area (Å²) in [6, 6.07) is 4.69. The second-order valence-electron chi connectivity index (χ2n) is 6.11. The predicted octanol–water partition coefficient (Wildman–Crippen LogP) is 0.810. The van der Waals surface area contributed by atoms with Gasteiger partial charge in [0.2, 0.25) is 0 Å². The van der Waals surface area contributed by atoms with Gasteiger partial charge in [-0.25, -0.2) is 9.37 Å². The second-order valence-corrected chi connectivity index (χ2v) is 6.11. The summed E-state index contributed by atoms with van der Waals surface area (Å²) < 4.78 is 55.5. The van der Waals surface area contributed by atoms with E-state index in [1.807, 2.05) is 0 Å². The molecule has 0 saturated carbocycles. The molecule has 146 valence electrons. The highest BCUT2D eigenvalue weighted by Crippen LogP contribution is 2.41. The lowest BCUT2D eigenvalue weighted by atomic mass is 10.0. The van der Waals surface area contributed by atoms with Gasteiger partial charge in [0.15, 0.2) is 0 Å². The van der Waals surface area contributed by atoms with Gasteiger partial charge in [0, 0.05) is 0 Å². The summed E-state index contributed by atoms with van der Waals surface area (Å²) >= 11 is 0. The third-order valence-corrected chi connectivity index (χ3v) is 4.22. The molecule has 1 atom stereocenters. The van der Waals surface area contributed by atoms with Crippen LogP contribution in [0.25, 0.3) is 0 Å². The zero-order chi connectivity index (χ0) is 20.1. The lowest BCUT2D eigenvalue weighted by Crippen LogP contribution is -2.58. The maximum Gasteiger partial charge on any atom is 0.438 e. The van der Waals surface area contributed by atoms with Gasteiger partial charge in [0.25, 0.3) is 11.7 Å². The summed E-state index contributed by atoms with van der Waals surface area (Å²) in [5.41, 5.74) is 2.31. The van der Waals surface area contributed by atoms with Gasteiger partial charge in [-0.05, 0) is 17.7 Å². The van der Waals surface area contributed by atoms with Crippen molar-refractivity contribution in [2.75, 3.05) is 0 Å². The first-order valence-electron chi connectivity index (χ1n) is 7.91. The van der Waals surface area contributed by atoms with Crippen LogP contribution in [0.4, 0.5) is 17.6 Å². The Hall–Kier alpha value is -3.35. The van der Waals surface area contributed by atoms with Crippen LogP contribution in [-0.2, 0) is 6.42 Å². The first-order valence-corrected chi connectivity index (χ1v) is 7.91. The van der Waals surface area contributed by atoms with Crippen LogP contribution in [0.5, 0.6) is 0 Å². The SMILES string of the molecule is NC1=NN=C(N2N=C(c3ccc(F)cc3)C[C@]2(O)C(F)(F)F)n2ncnc2C1. The Bertz CT molecular complexity index is 1010. The number of benzene rings is 1. The fraction of sp³-hybridized carbons (Fsp3) is 0.267. The first kappa shape index (κ1) is 18.0. The topological polar surface area (TPSA) is 117 Å². The van der Waals surface area contributed by atoms with Gasteiger partial charge in [0.05, 0.1) is 18.6 Å². The zero-order valence-electron chi connectivity index (χ0n) is 14.0. The molecule has 1 aromatic heterocycles. The van der Waals surface area contributed by atoms with Gasteiger partial charge < -0.3 is 10.8 Å². The third-order valence-electron chi connectivity index (χ3n) is 4.22. The minimum absolute atomic E-state index is 0.000179. The quantitative estimate of drug-likeness (QED) is 0.692. The molecule has 0 radical (unpaired) electrons. The van der Waals surface area contributed by atoms with Gasteiger partial charge >= 0.3 is 6.18 Å². The van der Waals surface area contributed by atoms with E-state index in [1.165, 1.54) is 12.1 Å². The second kappa shape index (κ2) is 6.09. The van der Waals surface area contributed by atoms with Gasteiger partial charge in [-0.2, -0.15) is 33.1 Å². The summed E-state index contributed by atoms with van der Waals surface area (Å²) in [5.74, 6) is -0.908. The molecule has 0 bridgehead atoms. The molecule has 2 aliphatic heterocycles. The number of hydrogen-bond donors (Lipinski definition) is 2. The van der Waals surface area contributed by atoms with Crippen molar-refractivity contribution in [2.45, 2.75) is 24.7 Å². The lowest BCUT2D eigenvalue weighted by molar-refractivity contribution is -0.295. The van der Waals surface area contributed by atoms with Crippen molar-refractivity contribution in [3.05, 3.63) is 47.8 Å². The van der Waals surface area contributed by atoms with Crippen molar-refractivity contribution in [2.24, 2.45) is 21.0 Å². The molecular formula is C15H12F4N8O. The number of aliphatic hydroxyl groups is 1. The van der Waals surface area contributed by atoms with Crippen molar-refractivity contribution in [3.8, 4) is 0 Å². The summed E-state index contributed by atoms with van der Waals surface area (Å²) in [7, 11) is 0. The molecule has 0 aliphatic carbocycles.